The SMILES string of the molecule is C/C=C\C(=C/N(C)C(F)(F)F)Nc1nc(CN(CCC)CCC)nc2cc(-c3ncccc3C(F)(F)F)ccc12. The van der Waals surface area contributed by atoms with Crippen LogP contribution in [0.15, 0.2) is 60.6 Å². The van der Waals surface area contributed by atoms with Crippen molar-refractivity contribution in [2.45, 2.75) is 52.6 Å². The van der Waals surface area contributed by atoms with Gasteiger partial charge in [-0.3, -0.25) is 14.8 Å². The van der Waals surface area contributed by atoms with Gasteiger partial charge in [-0.1, -0.05) is 26.0 Å². The van der Waals surface area contributed by atoms with Gasteiger partial charge in [-0.05, 0) is 63.2 Å². The van der Waals surface area contributed by atoms with Gasteiger partial charge in [-0.25, -0.2) is 9.97 Å². The fourth-order valence-electron chi connectivity index (χ4n) is 4.17. The van der Waals surface area contributed by atoms with Crippen molar-refractivity contribution in [3.8, 4) is 11.3 Å². The third-order valence-corrected chi connectivity index (χ3v) is 5.92. The number of pyridine rings is 1. The number of rotatable bonds is 11. The van der Waals surface area contributed by atoms with Gasteiger partial charge in [-0.15, -0.1) is 0 Å². The second kappa shape index (κ2) is 13.1. The zero-order valence-electron chi connectivity index (χ0n) is 22.7. The Labute approximate surface area is 229 Å². The van der Waals surface area contributed by atoms with Crippen molar-refractivity contribution in [3.63, 3.8) is 0 Å². The van der Waals surface area contributed by atoms with E-state index in [1.54, 1.807) is 19.1 Å². The van der Waals surface area contributed by atoms with Crippen LogP contribution in [-0.4, -0.2) is 51.2 Å². The maximum absolute atomic E-state index is 13.7. The lowest BCUT2D eigenvalue weighted by atomic mass is 10.0. The number of hydrogen-bond donors (Lipinski definition) is 1. The molecule has 0 atom stereocenters. The molecule has 0 saturated carbocycles. The molecule has 0 aliphatic rings. The lowest BCUT2D eigenvalue weighted by molar-refractivity contribution is -0.219. The van der Waals surface area contributed by atoms with Crippen LogP contribution < -0.4 is 5.32 Å². The van der Waals surface area contributed by atoms with Gasteiger partial charge >= 0.3 is 12.5 Å². The molecule has 6 nitrogen and oxygen atoms in total. The standard InChI is InChI=1S/C28H32F6N6/c1-5-9-20(17-39(4)28(32,33)34)36-26-21-12-11-19(25-22(27(29,30)31)10-8-13-35-25)16-23(21)37-24(38-26)18-40(14-6-2)15-7-3/h5,8-13,16-17H,6-7,14-15,18H2,1-4H3,(H,36,37,38)/b9-5-,20-17+. The Morgan fingerprint density at radius 1 is 1.00 bits per heavy atom. The molecular formula is C28H32F6N6. The number of alkyl halides is 6. The summed E-state index contributed by atoms with van der Waals surface area (Å²) in [5.41, 5.74) is -0.476. The molecule has 2 aromatic heterocycles. The van der Waals surface area contributed by atoms with Crippen molar-refractivity contribution >= 4 is 16.7 Å². The first kappa shape index (κ1) is 30.9. The minimum absolute atomic E-state index is 0.111. The van der Waals surface area contributed by atoms with Crippen LogP contribution in [0.4, 0.5) is 32.2 Å². The Bertz CT molecular complexity index is 1340. The smallest absolute Gasteiger partial charge is 0.338 e. The van der Waals surface area contributed by atoms with Gasteiger partial charge < -0.3 is 5.32 Å². The molecular weight excluding hydrogens is 534 g/mol. The third-order valence-electron chi connectivity index (χ3n) is 5.92. The van der Waals surface area contributed by atoms with E-state index in [1.165, 1.54) is 30.5 Å². The predicted octanol–water partition coefficient (Wildman–Crippen LogP) is 7.61. The van der Waals surface area contributed by atoms with E-state index in [2.05, 4.69) is 25.2 Å². The number of allylic oxidation sites excluding steroid dienone is 2. The second-order valence-corrected chi connectivity index (χ2v) is 9.18. The van der Waals surface area contributed by atoms with Crippen molar-refractivity contribution in [1.82, 2.24) is 24.8 Å². The van der Waals surface area contributed by atoms with Gasteiger partial charge in [0.2, 0.25) is 0 Å². The quantitative estimate of drug-likeness (QED) is 0.146. The van der Waals surface area contributed by atoms with Crippen LogP contribution >= 0.6 is 0 Å². The Morgan fingerprint density at radius 3 is 2.30 bits per heavy atom. The van der Waals surface area contributed by atoms with E-state index in [1.807, 2.05) is 13.8 Å². The summed E-state index contributed by atoms with van der Waals surface area (Å²) in [4.78, 5) is 15.5. The van der Waals surface area contributed by atoms with E-state index in [4.69, 9.17) is 0 Å². The molecule has 2 heterocycles. The van der Waals surface area contributed by atoms with E-state index < -0.39 is 18.0 Å². The Hall–Kier alpha value is -3.67. The highest BCUT2D eigenvalue weighted by Gasteiger charge is 2.34. The van der Waals surface area contributed by atoms with Crippen LogP contribution in [0, 0.1) is 0 Å². The van der Waals surface area contributed by atoms with Crippen LogP contribution in [0.3, 0.4) is 0 Å². The molecule has 0 aliphatic carbocycles. The van der Waals surface area contributed by atoms with Gasteiger partial charge in [-0.2, -0.15) is 26.3 Å². The van der Waals surface area contributed by atoms with Crippen molar-refractivity contribution in [3.05, 3.63) is 72.0 Å². The molecule has 0 unspecified atom stereocenters. The molecule has 40 heavy (non-hydrogen) atoms. The largest absolute Gasteiger partial charge is 0.484 e. The summed E-state index contributed by atoms with van der Waals surface area (Å²) < 4.78 is 80.8. The van der Waals surface area contributed by atoms with Crippen LogP contribution in [0.1, 0.15) is 45.0 Å². The van der Waals surface area contributed by atoms with Gasteiger partial charge in [0.15, 0.2) is 0 Å². The maximum Gasteiger partial charge on any atom is 0.484 e. The van der Waals surface area contributed by atoms with Gasteiger partial charge in [0.25, 0.3) is 0 Å². The topological polar surface area (TPSA) is 57.2 Å². The highest BCUT2D eigenvalue weighted by molar-refractivity contribution is 5.92. The zero-order chi connectivity index (χ0) is 29.5. The molecule has 0 spiro atoms. The van der Waals surface area contributed by atoms with Crippen LogP contribution in [0.2, 0.25) is 0 Å². The normalized spacial score (nSPS) is 13.0. The van der Waals surface area contributed by atoms with E-state index in [-0.39, 0.29) is 27.7 Å². The molecule has 3 rings (SSSR count). The molecule has 0 radical (unpaired) electrons. The van der Waals surface area contributed by atoms with Crippen molar-refractivity contribution < 1.29 is 26.3 Å². The average Bonchev–Trinajstić information content (AvgIpc) is 2.87. The zero-order valence-corrected chi connectivity index (χ0v) is 22.7. The van der Waals surface area contributed by atoms with Gasteiger partial charge in [0.05, 0.1) is 29.0 Å². The van der Waals surface area contributed by atoms with Crippen LogP contribution in [-0.2, 0) is 12.7 Å². The summed E-state index contributed by atoms with van der Waals surface area (Å²) in [7, 11) is 0.888. The molecule has 1 aromatic carbocycles. The van der Waals surface area contributed by atoms with Gasteiger partial charge in [0.1, 0.15) is 11.6 Å². The lowest BCUT2D eigenvalue weighted by Crippen LogP contribution is -2.30. The molecule has 0 aliphatic heterocycles. The molecule has 0 saturated heterocycles. The number of nitrogens with zero attached hydrogens (tertiary/aromatic N) is 5. The van der Waals surface area contributed by atoms with E-state index in [0.29, 0.717) is 23.3 Å². The number of nitrogens with one attached hydrogen (secondary N) is 1. The van der Waals surface area contributed by atoms with Crippen molar-refractivity contribution in [2.24, 2.45) is 0 Å². The Kier molecular flexibility index (Phi) is 10.1. The number of aromatic nitrogens is 3. The molecule has 1 N–H and O–H groups in total. The number of fused-ring (bicyclic) bond motifs is 1. The predicted molar refractivity (Wildman–Crippen MR) is 144 cm³/mol. The molecule has 0 fully saturated rings. The van der Waals surface area contributed by atoms with Gasteiger partial charge in [0, 0.05) is 30.4 Å². The first-order valence-electron chi connectivity index (χ1n) is 12.8. The molecule has 216 valence electrons. The van der Waals surface area contributed by atoms with E-state index >= 15 is 0 Å². The monoisotopic (exact) mass is 566 g/mol. The summed E-state index contributed by atoms with van der Waals surface area (Å²) in [6, 6.07) is 6.69. The number of benzene rings is 1. The molecule has 0 amide bonds. The first-order valence-corrected chi connectivity index (χ1v) is 12.8. The number of halogens is 6. The summed E-state index contributed by atoms with van der Waals surface area (Å²) in [5.74, 6) is 0.617. The number of hydrogen-bond acceptors (Lipinski definition) is 6. The Morgan fingerprint density at radius 2 is 1.70 bits per heavy atom. The minimum Gasteiger partial charge on any atom is -0.338 e. The van der Waals surface area contributed by atoms with Crippen LogP contribution in [0.5, 0.6) is 0 Å². The molecule has 3 aromatic rings. The Balaban J connectivity index is 2.18. The summed E-state index contributed by atoms with van der Waals surface area (Å²) >= 11 is 0. The highest BCUT2D eigenvalue weighted by Crippen LogP contribution is 2.37. The van der Waals surface area contributed by atoms with Crippen molar-refractivity contribution in [1.29, 1.82) is 0 Å². The summed E-state index contributed by atoms with van der Waals surface area (Å²) in [5, 5.41) is 3.40. The fourth-order valence-corrected chi connectivity index (χ4v) is 4.17. The highest BCUT2D eigenvalue weighted by atomic mass is 19.4. The van der Waals surface area contributed by atoms with E-state index in [9.17, 15) is 26.3 Å². The fraction of sp³-hybridized carbons (Fsp3) is 0.393. The summed E-state index contributed by atoms with van der Waals surface area (Å²) in [6.45, 7) is 7.66. The number of anilines is 1. The lowest BCUT2D eigenvalue weighted by Gasteiger charge is -2.22. The minimum atomic E-state index is -4.61. The maximum atomic E-state index is 13.7. The van der Waals surface area contributed by atoms with E-state index in [0.717, 1.165) is 45.2 Å². The summed E-state index contributed by atoms with van der Waals surface area (Å²) in [6.07, 6.45) is -2.20. The molecule has 0 bridgehead atoms. The third kappa shape index (κ3) is 7.93. The van der Waals surface area contributed by atoms with Crippen molar-refractivity contribution in [2.75, 3.05) is 25.5 Å². The molecule has 12 heteroatoms. The first-order chi connectivity index (χ1) is 18.9. The second-order valence-electron chi connectivity index (χ2n) is 9.18. The average molecular weight is 567 g/mol. The van der Waals surface area contributed by atoms with Crippen LogP contribution in [0.25, 0.3) is 22.2 Å².